The third kappa shape index (κ3) is 2.20. The average molecular weight is 267 g/mol. The largest absolute Gasteiger partial charge is 0.409 e. The van der Waals surface area contributed by atoms with Gasteiger partial charge in [-0.2, -0.15) is 0 Å². The second kappa shape index (κ2) is 5.39. The molecule has 1 aliphatic heterocycles. The van der Waals surface area contributed by atoms with Gasteiger partial charge >= 0.3 is 0 Å². The maximum absolute atomic E-state index is 12.5. The van der Waals surface area contributed by atoms with E-state index in [-0.39, 0.29) is 17.8 Å². The molecule has 2 rings (SSSR count). The Labute approximate surface area is 110 Å². The fourth-order valence-corrected chi connectivity index (χ4v) is 3.27. The molecule has 0 aromatic carbocycles. The lowest BCUT2D eigenvalue weighted by atomic mass is 10.1. The standard InChI is InChI=1S/C12H17N3O2S/c1-2-8-5-7-18-10(8)12(16)15-6-3-4-9(15)11(13)14-17/h5,7,9,17H,2-4,6H2,1H3,(H2,13,14). The molecule has 1 aromatic heterocycles. The van der Waals surface area contributed by atoms with E-state index in [1.54, 1.807) is 4.90 Å². The molecule has 98 valence electrons. The summed E-state index contributed by atoms with van der Waals surface area (Å²) in [5.74, 6) is 0.117. The minimum atomic E-state index is -0.269. The number of amides is 1. The first kappa shape index (κ1) is 12.9. The van der Waals surface area contributed by atoms with E-state index in [0.29, 0.717) is 6.54 Å². The SMILES string of the molecule is CCc1ccsc1C(=O)N1CCCC1C(N)=NO. The lowest BCUT2D eigenvalue weighted by molar-refractivity contribution is 0.0772. The van der Waals surface area contributed by atoms with E-state index in [1.807, 2.05) is 18.4 Å². The molecule has 2 heterocycles. The normalized spacial score (nSPS) is 20.4. The Balaban J connectivity index is 2.23. The number of oxime groups is 1. The number of aryl methyl sites for hydroxylation is 1. The van der Waals surface area contributed by atoms with Crippen LogP contribution in [-0.4, -0.2) is 34.4 Å². The maximum atomic E-state index is 12.5. The van der Waals surface area contributed by atoms with Gasteiger partial charge in [0.2, 0.25) is 0 Å². The van der Waals surface area contributed by atoms with Crippen LogP contribution < -0.4 is 5.73 Å². The molecule has 1 aromatic rings. The smallest absolute Gasteiger partial charge is 0.264 e. The third-order valence-corrected chi connectivity index (χ3v) is 4.24. The van der Waals surface area contributed by atoms with Crippen LogP contribution in [0.4, 0.5) is 0 Å². The number of nitrogens with two attached hydrogens (primary N) is 1. The van der Waals surface area contributed by atoms with Crippen LogP contribution in [0, 0.1) is 0 Å². The number of hydrogen-bond acceptors (Lipinski definition) is 4. The zero-order valence-electron chi connectivity index (χ0n) is 10.3. The van der Waals surface area contributed by atoms with Crippen LogP contribution in [-0.2, 0) is 6.42 Å². The highest BCUT2D eigenvalue weighted by atomic mass is 32.1. The van der Waals surface area contributed by atoms with Crippen molar-refractivity contribution < 1.29 is 10.0 Å². The Morgan fingerprint density at radius 2 is 2.50 bits per heavy atom. The van der Waals surface area contributed by atoms with Crippen molar-refractivity contribution in [2.75, 3.05) is 6.54 Å². The average Bonchev–Trinajstić information content (AvgIpc) is 3.04. The van der Waals surface area contributed by atoms with Crippen molar-refractivity contribution in [1.82, 2.24) is 4.90 Å². The first-order valence-corrected chi connectivity index (χ1v) is 6.91. The molecule has 1 unspecified atom stereocenters. The lowest BCUT2D eigenvalue weighted by Gasteiger charge is -2.23. The van der Waals surface area contributed by atoms with Crippen LogP contribution in [0.25, 0.3) is 0 Å². The summed E-state index contributed by atoms with van der Waals surface area (Å²) in [4.78, 5) is 14.9. The molecule has 18 heavy (non-hydrogen) atoms. The summed E-state index contributed by atoms with van der Waals surface area (Å²) in [6.07, 6.45) is 2.49. The van der Waals surface area contributed by atoms with E-state index in [4.69, 9.17) is 10.9 Å². The Bertz CT molecular complexity index is 470. The van der Waals surface area contributed by atoms with E-state index in [0.717, 1.165) is 29.7 Å². The van der Waals surface area contributed by atoms with Gasteiger partial charge in [-0.3, -0.25) is 4.79 Å². The van der Waals surface area contributed by atoms with Gasteiger partial charge in [0.1, 0.15) is 0 Å². The Kier molecular flexibility index (Phi) is 3.86. The first-order valence-electron chi connectivity index (χ1n) is 6.03. The summed E-state index contributed by atoms with van der Waals surface area (Å²) in [6.45, 7) is 2.70. The van der Waals surface area contributed by atoms with Gasteiger partial charge in [0.25, 0.3) is 5.91 Å². The van der Waals surface area contributed by atoms with E-state index < -0.39 is 0 Å². The highest BCUT2D eigenvalue weighted by Gasteiger charge is 2.33. The van der Waals surface area contributed by atoms with Crippen molar-refractivity contribution >= 4 is 23.1 Å². The van der Waals surface area contributed by atoms with Crippen LogP contribution in [0.15, 0.2) is 16.6 Å². The van der Waals surface area contributed by atoms with Crippen molar-refractivity contribution in [1.29, 1.82) is 0 Å². The molecule has 0 radical (unpaired) electrons. The van der Waals surface area contributed by atoms with Crippen molar-refractivity contribution in [3.05, 3.63) is 21.9 Å². The van der Waals surface area contributed by atoms with E-state index in [1.165, 1.54) is 11.3 Å². The van der Waals surface area contributed by atoms with Crippen LogP contribution >= 0.6 is 11.3 Å². The fourth-order valence-electron chi connectivity index (χ4n) is 2.32. The van der Waals surface area contributed by atoms with Crippen LogP contribution in [0.3, 0.4) is 0 Å². The number of carbonyl (C=O) groups is 1. The second-order valence-electron chi connectivity index (χ2n) is 4.31. The van der Waals surface area contributed by atoms with E-state index in [9.17, 15) is 4.79 Å². The summed E-state index contributed by atoms with van der Waals surface area (Å²) in [6, 6.07) is 1.71. The monoisotopic (exact) mass is 267 g/mol. The zero-order chi connectivity index (χ0) is 13.1. The molecule has 0 aliphatic carbocycles. The number of rotatable bonds is 3. The molecule has 1 fully saturated rings. The number of amidine groups is 1. The van der Waals surface area contributed by atoms with Crippen molar-refractivity contribution in [2.45, 2.75) is 32.2 Å². The molecule has 6 heteroatoms. The van der Waals surface area contributed by atoms with Gasteiger partial charge in [-0.05, 0) is 36.3 Å². The summed E-state index contributed by atoms with van der Waals surface area (Å²) in [7, 11) is 0. The molecule has 1 atom stereocenters. The van der Waals surface area contributed by atoms with Crippen molar-refractivity contribution in [3.63, 3.8) is 0 Å². The Hall–Kier alpha value is -1.56. The molecular weight excluding hydrogens is 250 g/mol. The van der Waals surface area contributed by atoms with Gasteiger partial charge in [-0.15, -0.1) is 11.3 Å². The number of likely N-dealkylation sites (tertiary alicyclic amines) is 1. The van der Waals surface area contributed by atoms with Gasteiger partial charge in [0, 0.05) is 6.54 Å². The molecule has 1 aliphatic rings. The Morgan fingerprint density at radius 1 is 1.72 bits per heavy atom. The predicted molar refractivity (Wildman–Crippen MR) is 71.2 cm³/mol. The summed E-state index contributed by atoms with van der Waals surface area (Å²) < 4.78 is 0. The number of hydrogen-bond donors (Lipinski definition) is 2. The molecule has 3 N–H and O–H groups in total. The number of nitrogens with zero attached hydrogens (tertiary/aromatic N) is 2. The molecular formula is C12H17N3O2S. The summed E-state index contributed by atoms with van der Waals surface area (Å²) in [5.41, 5.74) is 6.70. The quantitative estimate of drug-likeness (QED) is 0.378. The van der Waals surface area contributed by atoms with Gasteiger partial charge in [0.15, 0.2) is 5.84 Å². The highest BCUT2D eigenvalue weighted by molar-refractivity contribution is 7.12. The van der Waals surface area contributed by atoms with Gasteiger partial charge < -0.3 is 15.8 Å². The molecule has 1 amide bonds. The summed E-state index contributed by atoms with van der Waals surface area (Å²) in [5, 5.41) is 13.7. The van der Waals surface area contributed by atoms with Crippen molar-refractivity contribution in [2.24, 2.45) is 10.9 Å². The van der Waals surface area contributed by atoms with Gasteiger partial charge in [-0.1, -0.05) is 12.1 Å². The van der Waals surface area contributed by atoms with Crippen LogP contribution in [0.5, 0.6) is 0 Å². The van der Waals surface area contributed by atoms with Crippen molar-refractivity contribution in [3.8, 4) is 0 Å². The zero-order valence-corrected chi connectivity index (χ0v) is 11.1. The number of thiophene rings is 1. The second-order valence-corrected chi connectivity index (χ2v) is 5.23. The fraction of sp³-hybridized carbons (Fsp3) is 0.500. The topological polar surface area (TPSA) is 78.9 Å². The highest BCUT2D eigenvalue weighted by Crippen LogP contribution is 2.25. The first-order chi connectivity index (χ1) is 8.69. The minimum absolute atomic E-state index is 0.00375. The number of carbonyl (C=O) groups excluding carboxylic acids is 1. The molecule has 5 nitrogen and oxygen atoms in total. The molecule has 1 saturated heterocycles. The molecule has 0 spiro atoms. The van der Waals surface area contributed by atoms with Crippen LogP contribution in [0.1, 0.15) is 35.0 Å². The van der Waals surface area contributed by atoms with Crippen LogP contribution in [0.2, 0.25) is 0 Å². The lowest BCUT2D eigenvalue weighted by Crippen LogP contribution is -2.43. The van der Waals surface area contributed by atoms with E-state index in [2.05, 4.69) is 5.16 Å². The van der Waals surface area contributed by atoms with Gasteiger partial charge in [-0.25, -0.2) is 0 Å². The maximum Gasteiger partial charge on any atom is 0.264 e. The van der Waals surface area contributed by atoms with Gasteiger partial charge in [0.05, 0.1) is 10.9 Å². The minimum Gasteiger partial charge on any atom is -0.409 e. The predicted octanol–water partition coefficient (Wildman–Crippen LogP) is 1.66. The Morgan fingerprint density at radius 3 is 3.17 bits per heavy atom. The summed E-state index contributed by atoms with van der Waals surface area (Å²) >= 11 is 1.46. The molecule has 0 bridgehead atoms. The molecule has 0 saturated carbocycles. The van der Waals surface area contributed by atoms with E-state index >= 15 is 0 Å². The third-order valence-electron chi connectivity index (χ3n) is 3.29.